The van der Waals surface area contributed by atoms with Crippen molar-refractivity contribution < 1.29 is 13.9 Å². The zero-order valence-electron chi connectivity index (χ0n) is 17.7. The van der Waals surface area contributed by atoms with Crippen molar-refractivity contribution >= 4 is 39.2 Å². The van der Waals surface area contributed by atoms with E-state index in [1.807, 2.05) is 61.5 Å². The zero-order chi connectivity index (χ0) is 22.4. The smallest absolute Gasteiger partial charge is 0.264 e. The maximum absolute atomic E-state index is 12.2. The predicted octanol–water partition coefficient (Wildman–Crippen LogP) is 5.71. The second-order valence-electron chi connectivity index (χ2n) is 7.49. The van der Waals surface area contributed by atoms with E-state index in [1.165, 1.54) is 0 Å². The van der Waals surface area contributed by atoms with Crippen molar-refractivity contribution in [1.82, 2.24) is 10.6 Å². The maximum Gasteiger partial charge on any atom is 0.264 e. The fraction of sp³-hybridized carbons (Fsp3) is 0.250. The van der Waals surface area contributed by atoms with Gasteiger partial charge in [0.25, 0.3) is 5.91 Å². The van der Waals surface area contributed by atoms with Crippen molar-refractivity contribution in [2.75, 3.05) is 6.61 Å². The number of halogens is 1. The molecule has 1 aromatic heterocycles. The largest absolute Gasteiger partial charge is 0.483 e. The predicted molar refractivity (Wildman–Crippen MR) is 130 cm³/mol. The first-order chi connectivity index (χ1) is 14.8. The van der Waals surface area contributed by atoms with Crippen LogP contribution >= 0.6 is 28.1 Å². The van der Waals surface area contributed by atoms with Crippen LogP contribution < -0.4 is 15.4 Å². The van der Waals surface area contributed by atoms with Gasteiger partial charge in [-0.05, 0) is 66.5 Å². The van der Waals surface area contributed by atoms with Crippen LogP contribution in [0.25, 0.3) is 11.3 Å². The summed E-state index contributed by atoms with van der Waals surface area (Å²) in [6.07, 6.45) is 0. The highest BCUT2D eigenvalue weighted by Crippen LogP contribution is 2.27. The Morgan fingerprint density at radius 2 is 1.87 bits per heavy atom. The summed E-state index contributed by atoms with van der Waals surface area (Å²) >= 11 is 8.64. The van der Waals surface area contributed by atoms with Crippen LogP contribution in [0.5, 0.6) is 5.75 Å². The molecule has 5 nitrogen and oxygen atoms in total. The van der Waals surface area contributed by atoms with Gasteiger partial charge in [-0.1, -0.05) is 54.0 Å². The van der Waals surface area contributed by atoms with Gasteiger partial charge in [-0.15, -0.1) is 0 Å². The topological polar surface area (TPSA) is 63.5 Å². The molecule has 0 aliphatic carbocycles. The van der Waals surface area contributed by atoms with Crippen molar-refractivity contribution in [1.29, 1.82) is 0 Å². The number of nitrogens with one attached hydrogen (secondary N) is 2. The minimum Gasteiger partial charge on any atom is -0.483 e. The molecule has 0 bridgehead atoms. The highest BCUT2D eigenvalue weighted by atomic mass is 79.9. The normalized spacial score (nSPS) is 10.7. The van der Waals surface area contributed by atoms with Gasteiger partial charge < -0.3 is 19.8 Å². The molecule has 2 aromatic carbocycles. The summed E-state index contributed by atoms with van der Waals surface area (Å²) in [4.78, 5) is 12.2. The number of thiocarbonyl (C=S) groups is 1. The van der Waals surface area contributed by atoms with Crippen molar-refractivity contribution in [3.05, 3.63) is 76.0 Å². The van der Waals surface area contributed by atoms with Gasteiger partial charge in [0.15, 0.2) is 11.7 Å². The molecule has 0 aliphatic heterocycles. The van der Waals surface area contributed by atoms with Crippen molar-refractivity contribution in [3.8, 4) is 17.1 Å². The Morgan fingerprint density at radius 1 is 1.13 bits per heavy atom. The molecule has 162 valence electrons. The number of ether oxygens (including phenoxy) is 1. The van der Waals surface area contributed by atoms with Crippen LogP contribution in [0.1, 0.15) is 36.7 Å². The Labute approximate surface area is 196 Å². The molecule has 3 rings (SSSR count). The van der Waals surface area contributed by atoms with Crippen LogP contribution in [0.15, 0.2) is 63.5 Å². The third kappa shape index (κ3) is 6.67. The third-order valence-electron chi connectivity index (χ3n) is 4.62. The second-order valence-corrected chi connectivity index (χ2v) is 8.81. The SMILES string of the molecule is Cc1ccc(C(C)C)c(OCC(=O)NC(=S)NCc2ccc(-c3ccc(Br)cc3)o2)c1. The Hall–Kier alpha value is -2.64. The molecule has 0 unspecified atom stereocenters. The van der Waals surface area contributed by atoms with E-state index in [4.69, 9.17) is 21.4 Å². The third-order valence-corrected chi connectivity index (χ3v) is 5.39. The molecule has 0 saturated carbocycles. The van der Waals surface area contributed by atoms with Gasteiger partial charge in [-0.25, -0.2) is 0 Å². The van der Waals surface area contributed by atoms with Gasteiger partial charge in [0.1, 0.15) is 17.3 Å². The lowest BCUT2D eigenvalue weighted by atomic mass is 10.0. The molecule has 7 heteroatoms. The van der Waals surface area contributed by atoms with E-state index in [2.05, 4.69) is 40.4 Å². The summed E-state index contributed by atoms with van der Waals surface area (Å²) < 4.78 is 12.6. The van der Waals surface area contributed by atoms with Gasteiger partial charge in [0.2, 0.25) is 0 Å². The molecule has 1 heterocycles. The van der Waals surface area contributed by atoms with Gasteiger partial charge in [0, 0.05) is 10.0 Å². The number of carbonyl (C=O) groups excluding carboxylic acids is 1. The minimum absolute atomic E-state index is 0.112. The van der Waals surface area contributed by atoms with Gasteiger partial charge in [-0.3, -0.25) is 4.79 Å². The molecule has 2 N–H and O–H groups in total. The quantitative estimate of drug-likeness (QED) is 0.406. The van der Waals surface area contributed by atoms with Crippen LogP contribution in [-0.2, 0) is 11.3 Å². The minimum atomic E-state index is -0.316. The standard InChI is InChI=1S/C24H25BrN2O3S/c1-15(2)20-10-4-16(3)12-22(20)29-14-23(28)27-24(31)26-13-19-9-11-21(30-19)17-5-7-18(25)8-6-17/h4-12,15H,13-14H2,1-3H3,(H2,26,27,28,31). The average Bonchev–Trinajstić information content (AvgIpc) is 3.20. The van der Waals surface area contributed by atoms with E-state index in [9.17, 15) is 4.79 Å². The first kappa shape index (κ1) is 23.0. The summed E-state index contributed by atoms with van der Waals surface area (Å²) in [7, 11) is 0. The lowest BCUT2D eigenvalue weighted by molar-refractivity contribution is -0.121. The lowest BCUT2D eigenvalue weighted by Gasteiger charge is -2.15. The van der Waals surface area contributed by atoms with Crippen LogP contribution in [0, 0.1) is 6.92 Å². The van der Waals surface area contributed by atoms with E-state index < -0.39 is 0 Å². The molecule has 0 fully saturated rings. The van der Waals surface area contributed by atoms with Crippen molar-refractivity contribution in [3.63, 3.8) is 0 Å². The fourth-order valence-corrected chi connectivity index (χ4v) is 3.45. The maximum atomic E-state index is 12.2. The fourth-order valence-electron chi connectivity index (χ4n) is 3.00. The Balaban J connectivity index is 1.47. The number of hydrogen-bond donors (Lipinski definition) is 2. The molecular formula is C24H25BrN2O3S. The van der Waals surface area contributed by atoms with Crippen LogP contribution in [0.2, 0.25) is 0 Å². The Morgan fingerprint density at radius 3 is 2.58 bits per heavy atom. The highest BCUT2D eigenvalue weighted by Gasteiger charge is 2.12. The molecule has 3 aromatic rings. The van der Waals surface area contributed by atoms with Crippen molar-refractivity contribution in [2.24, 2.45) is 0 Å². The summed E-state index contributed by atoms with van der Waals surface area (Å²) in [5, 5.41) is 5.85. The molecule has 0 saturated heterocycles. The average molecular weight is 501 g/mol. The van der Waals surface area contributed by atoms with Gasteiger partial charge in [-0.2, -0.15) is 0 Å². The second kappa shape index (κ2) is 10.6. The molecule has 31 heavy (non-hydrogen) atoms. The number of amides is 1. The van der Waals surface area contributed by atoms with Gasteiger partial charge >= 0.3 is 0 Å². The van der Waals surface area contributed by atoms with E-state index in [0.29, 0.717) is 18.2 Å². The Kier molecular flexibility index (Phi) is 7.87. The van der Waals surface area contributed by atoms with E-state index in [1.54, 1.807) is 0 Å². The first-order valence-electron chi connectivity index (χ1n) is 9.97. The van der Waals surface area contributed by atoms with Crippen molar-refractivity contribution in [2.45, 2.75) is 33.2 Å². The molecule has 0 aliphatic rings. The van der Waals surface area contributed by atoms with Crippen LogP contribution in [0.3, 0.4) is 0 Å². The summed E-state index contributed by atoms with van der Waals surface area (Å²) in [5.74, 6) is 2.19. The highest BCUT2D eigenvalue weighted by molar-refractivity contribution is 9.10. The number of rotatable bonds is 7. The summed E-state index contributed by atoms with van der Waals surface area (Å²) in [6, 6.07) is 17.7. The molecular weight excluding hydrogens is 476 g/mol. The number of furan rings is 1. The monoisotopic (exact) mass is 500 g/mol. The molecule has 0 spiro atoms. The number of carbonyl (C=O) groups is 1. The lowest BCUT2D eigenvalue weighted by Crippen LogP contribution is -2.41. The van der Waals surface area contributed by atoms with Gasteiger partial charge in [0.05, 0.1) is 6.54 Å². The van der Waals surface area contributed by atoms with E-state index >= 15 is 0 Å². The molecule has 0 atom stereocenters. The number of benzene rings is 2. The molecule has 1 amide bonds. The van der Waals surface area contributed by atoms with E-state index in [-0.39, 0.29) is 17.6 Å². The van der Waals surface area contributed by atoms with Crippen LogP contribution in [0.4, 0.5) is 0 Å². The zero-order valence-corrected chi connectivity index (χ0v) is 20.1. The number of hydrogen-bond acceptors (Lipinski definition) is 4. The van der Waals surface area contributed by atoms with Crippen LogP contribution in [-0.4, -0.2) is 17.6 Å². The number of aryl methyl sites for hydroxylation is 1. The van der Waals surface area contributed by atoms with E-state index in [0.717, 1.165) is 32.7 Å². The first-order valence-corrected chi connectivity index (χ1v) is 11.2. The Bertz CT molecular complexity index is 1060. The molecule has 0 radical (unpaired) electrons. The summed E-state index contributed by atoms with van der Waals surface area (Å²) in [6.45, 7) is 6.43. The summed E-state index contributed by atoms with van der Waals surface area (Å²) in [5.41, 5.74) is 3.14.